The minimum Gasteiger partial charge on any atom is -0.493 e. The van der Waals surface area contributed by atoms with Gasteiger partial charge in [-0.2, -0.15) is 0 Å². The van der Waals surface area contributed by atoms with Crippen molar-refractivity contribution in [3.63, 3.8) is 0 Å². The molecule has 3 N–H and O–H groups in total. The van der Waals surface area contributed by atoms with Crippen molar-refractivity contribution in [2.45, 2.75) is 39.3 Å². The maximum Gasteiger partial charge on any atom is 0.166 e. The molecule has 1 unspecified atom stereocenters. The number of hydrogen-bond donors (Lipinski definition) is 3. The van der Waals surface area contributed by atoms with E-state index in [4.69, 9.17) is 21.7 Å². The van der Waals surface area contributed by atoms with Gasteiger partial charge in [-0.05, 0) is 50.7 Å². The van der Waals surface area contributed by atoms with Crippen molar-refractivity contribution in [1.29, 1.82) is 0 Å². The third-order valence-corrected chi connectivity index (χ3v) is 5.05. The zero-order chi connectivity index (χ0) is 17.7. The molecular weight excluding hydrogens is 322 g/mol. The van der Waals surface area contributed by atoms with Crippen LogP contribution in [0.1, 0.15) is 37.9 Å². The molecule has 134 valence electrons. The van der Waals surface area contributed by atoms with Crippen LogP contribution in [0.25, 0.3) is 0 Å². The van der Waals surface area contributed by atoms with Crippen LogP contribution in [0.15, 0.2) is 12.1 Å². The molecule has 1 heterocycles. The molecule has 1 aromatic carbocycles. The molecule has 5 nitrogen and oxygen atoms in total. The number of thiocarbonyl (C=S) groups is 1. The fourth-order valence-corrected chi connectivity index (χ4v) is 3.96. The zero-order valence-corrected chi connectivity index (χ0v) is 16.2. The van der Waals surface area contributed by atoms with Crippen molar-refractivity contribution in [2.75, 3.05) is 33.9 Å². The third-order valence-electron chi connectivity index (χ3n) is 4.79. The summed E-state index contributed by atoms with van der Waals surface area (Å²) in [6.07, 6.45) is 1.06. The Hall–Kier alpha value is -1.53. The lowest BCUT2D eigenvalue weighted by Gasteiger charge is -2.38. The maximum absolute atomic E-state index is 5.53. The number of benzene rings is 1. The predicted octanol–water partition coefficient (Wildman–Crippen LogP) is 1.08. The quantitative estimate of drug-likeness (QED) is 0.669. The average molecular weight is 353 g/mol. The van der Waals surface area contributed by atoms with Crippen LogP contribution in [0, 0.1) is 0 Å². The number of quaternary nitrogens is 1. The highest BCUT2D eigenvalue weighted by molar-refractivity contribution is 7.80. The number of hydrogen-bond acceptors (Lipinski definition) is 3. The molecule has 0 amide bonds. The first-order valence-corrected chi connectivity index (χ1v) is 9.10. The van der Waals surface area contributed by atoms with E-state index in [-0.39, 0.29) is 6.04 Å². The largest absolute Gasteiger partial charge is 0.493 e. The van der Waals surface area contributed by atoms with Crippen LogP contribution in [0.5, 0.6) is 11.5 Å². The fourth-order valence-electron chi connectivity index (χ4n) is 3.63. The third kappa shape index (κ3) is 3.92. The maximum atomic E-state index is 5.53. The van der Waals surface area contributed by atoms with Crippen LogP contribution in [-0.2, 0) is 6.42 Å². The van der Waals surface area contributed by atoms with E-state index in [1.807, 2.05) is 0 Å². The summed E-state index contributed by atoms with van der Waals surface area (Å²) in [5.41, 5.74) is 2.67. The van der Waals surface area contributed by atoms with Crippen molar-refractivity contribution in [1.82, 2.24) is 10.6 Å². The molecule has 0 aromatic heterocycles. The Balaban J connectivity index is 2.37. The number of methoxy groups -OCH3 is 2. The van der Waals surface area contributed by atoms with Gasteiger partial charge in [-0.1, -0.05) is 0 Å². The second kappa shape index (κ2) is 8.53. The molecule has 1 aliphatic heterocycles. The first-order chi connectivity index (χ1) is 11.5. The minimum atomic E-state index is 0.226. The number of fused-ring (bicyclic) bond motifs is 1. The summed E-state index contributed by atoms with van der Waals surface area (Å²) < 4.78 is 11.0. The van der Waals surface area contributed by atoms with E-state index in [9.17, 15) is 0 Å². The molecule has 0 fully saturated rings. The Morgan fingerprint density at radius 2 is 1.96 bits per heavy atom. The molecule has 1 aliphatic rings. The molecule has 6 heteroatoms. The van der Waals surface area contributed by atoms with Gasteiger partial charge in [-0.15, -0.1) is 0 Å². The van der Waals surface area contributed by atoms with Crippen LogP contribution in [0.2, 0.25) is 0 Å². The second-order valence-electron chi connectivity index (χ2n) is 6.19. The highest BCUT2D eigenvalue weighted by Crippen LogP contribution is 2.34. The highest BCUT2D eigenvalue weighted by atomic mass is 32.1. The average Bonchev–Trinajstić information content (AvgIpc) is 2.59. The first kappa shape index (κ1) is 18.8. The van der Waals surface area contributed by atoms with Crippen molar-refractivity contribution in [2.24, 2.45) is 0 Å². The molecule has 0 spiro atoms. The SMILES string of the molecule is CCNC(=S)N[C@@H](C)[C@@H]1c2cc(OC)c(OC)cc2CC[NH+]1CC. The second-order valence-corrected chi connectivity index (χ2v) is 6.60. The van der Waals surface area contributed by atoms with Gasteiger partial charge >= 0.3 is 0 Å². The van der Waals surface area contributed by atoms with Gasteiger partial charge in [0, 0.05) is 18.5 Å². The summed E-state index contributed by atoms with van der Waals surface area (Å²) in [5.74, 6) is 1.60. The van der Waals surface area contributed by atoms with Crippen molar-refractivity contribution >= 4 is 17.3 Å². The molecule has 24 heavy (non-hydrogen) atoms. The van der Waals surface area contributed by atoms with E-state index in [1.54, 1.807) is 19.1 Å². The fraction of sp³-hybridized carbons (Fsp3) is 0.611. The van der Waals surface area contributed by atoms with E-state index in [0.717, 1.165) is 37.6 Å². The summed E-state index contributed by atoms with van der Waals surface area (Å²) in [4.78, 5) is 1.56. The molecule has 0 aliphatic carbocycles. The Morgan fingerprint density at radius 1 is 1.29 bits per heavy atom. The van der Waals surface area contributed by atoms with Crippen LogP contribution < -0.4 is 25.0 Å². The van der Waals surface area contributed by atoms with E-state index in [2.05, 4.69) is 43.5 Å². The minimum absolute atomic E-state index is 0.226. The summed E-state index contributed by atoms with van der Waals surface area (Å²) in [7, 11) is 3.38. The normalized spacial score (nSPS) is 20.7. The number of ether oxygens (including phenoxy) is 2. The van der Waals surface area contributed by atoms with Crippen LogP contribution in [0.3, 0.4) is 0 Å². The van der Waals surface area contributed by atoms with Gasteiger partial charge in [0.05, 0.1) is 33.4 Å². The molecular formula is C18H30N3O2S+. The van der Waals surface area contributed by atoms with Gasteiger partial charge in [0.25, 0.3) is 0 Å². The number of likely N-dealkylation sites (N-methyl/N-ethyl adjacent to an activating group) is 1. The lowest BCUT2D eigenvalue weighted by molar-refractivity contribution is -0.933. The van der Waals surface area contributed by atoms with Gasteiger partial charge in [-0.3, -0.25) is 0 Å². The Kier molecular flexibility index (Phi) is 6.69. The van der Waals surface area contributed by atoms with E-state index in [1.165, 1.54) is 11.1 Å². The lowest BCUT2D eigenvalue weighted by Crippen LogP contribution is -3.14. The Labute approximate surface area is 150 Å². The lowest BCUT2D eigenvalue weighted by atomic mass is 9.88. The van der Waals surface area contributed by atoms with Crippen molar-refractivity contribution in [3.05, 3.63) is 23.3 Å². The van der Waals surface area contributed by atoms with Crippen molar-refractivity contribution in [3.8, 4) is 11.5 Å². The Bertz CT molecular complexity index is 580. The van der Waals surface area contributed by atoms with Crippen LogP contribution in [-0.4, -0.2) is 45.0 Å². The molecule has 0 bridgehead atoms. The van der Waals surface area contributed by atoms with Crippen molar-refractivity contribution < 1.29 is 14.4 Å². The molecule has 1 aromatic rings. The summed E-state index contributed by atoms with van der Waals surface area (Å²) in [5, 5.41) is 7.34. The van der Waals surface area contributed by atoms with Gasteiger partial charge in [-0.25, -0.2) is 0 Å². The predicted molar refractivity (Wildman–Crippen MR) is 101 cm³/mol. The van der Waals surface area contributed by atoms with Gasteiger partial charge in [0.15, 0.2) is 16.6 Å². The summed E-state index contributed by atoms with van der Waals surface area (Å²) in [6.45, 7) is 9.52. The van der Waals surface area contributed by atoms with Crippen LogP contribution >= 0.6 is 12.2 Å². The molecule has 0 radical (unpaired) electrons. The zero-order valence-electron chi connectivity index (χ0n) is 15.4. The summed E-state index contributed by atoms with van der Waals surface area (Å²) in [6, 6.07) is 4.82. The number of rotatable bonds is 6. The summed E-state index contributed by atoms with van der Waals surface area (Å²) >= 11 is 5.38. The molecule has 0 saturated carbocycles. The van der Waals surface area contributed by atoms with E-state index < -0.39 is 0 Å². The Morgan fingerprint density at radius 3 is 2.54 bits per heavy atom. The highest BCUT2D eigenvalue weighted by Gasteiger charge is 2.35. The van der Waals surface area contributed by atoms with Gasteiger partial charge in [0.1, 0.15) is 6.04 Å². The topological polar surface area (TPSA) is 47.0 Å². The number of nitrogens with one attached hydrogen (secondary N) is 3. The molecule has 0 saturated heterocycles. The van der Waals surface area contributed by atoms with Crippen LogP contribution in [0.4, 0.5) is 0 Å². The van der Waals surface area contributed by atoms with Gasteiger partial charge in [0.2, 0.25) is 0 Å². The van der Waals surface area contributed by atoms with E-state index >= 15 is 0 Å². The molecule has 3 atom stereocenters. The first-order valence-electron chi connectivity index (χ1n) is 8.69. The molecule has 2 rings (SSSR count). The van der Waals surface area contributed by atoms with E-state index in [0.29, 0.717) is 11.2 Å². The standard InChI is InChI=1S/C18H29N3O2S/c1-6-19-18(24)20-12(3)17-14-11-16(23-5)15(22-4)10-13(14)8-9-21(17)7-2/h10-12,17H,6-9H2,1-5H3,(H2,19,20,24)/p+1/t12-,17+/m0/s1. The smallest absolute Gasteiger partial charge is 0.166 e. The van der Waals surface area contributed by atoms with Gasteiger partial charge < -0.3 is 25.0 Å². The monoisotopic (exact) mass is 352 g/mol.